The SMILES string of the molecule is O=C(OCn1scc1-c1ccc(OC(F)(F)F)c(Cl)c1)C1CCNCC1. The van der Waals surface area contributed by atoms with Gasteiger partial charge in [0.25, 0.3) is 0 Å². The highest BCUT2D eigenvalue weighted by Crippen LogP contribution is 2.35. The Kier molecular flexibility index (Phi) is 5.79. The van der Waals surface area contributed by atoms with Gasteiger partial charge in [0, 0.05) is 10.9 Å². The quantitative estimate of drug-likeness (QED) is 0.751. The standard InChI is InChI=1S/C16H16ClF3N2O3S/c17-12-7-11(1-2-14(12)25-16(18,19)20)13-8-26-22(13)9-24-15(23)10-3-5-21-6-4-10/h1-2,7-8,10,21H,3-6,9H2. The zero-order valence-electron chi connectivity index (χ0n) is 13.5. The minimum atomic E-state index is -4.80. The highest BCUT2D eigenvalue weighted by Gasteiger charge is 2.32. The topological polar surface area (TPSA) is 52.5 Å². The number of nitrogens with one attached hydrogen (secondary N) is 1. The predicted octanol–water partition coefficient (Wildman–Crippen LogP) is 4.27. The summed E-state index contributed by atoms with van der Waals surface area (Å²) in [6, 6.07) is 4.02. The minimum absolute atomic E-state index is 0.0671. The van der Waals surface area contributed by atoms with Crippen molar-refractivity contribution in [3.63, 3.8) is 0 Å². The molecule has 0 atom stereocenters. The summed E-state index contributed by atoms with van der Waals surface area (Å²) in [4.78, 5) is 12.1. The Morgan fingerprint density at radius 3 is 2.65 bits per heavy atom. The Hall–Kier alpha value is -1.71. The fourth-order valence-electron chi connectivity index (χ4n) is 2.66. The Morgan fingerprint density at radius 1 is 1.35 bits per heavy atom. The summed E-state index contributed by atoms with van der Waals surface area (Å²) in [6.07, 6.45) is -3.29. The van der Waals surface area contributed by atoms with Crippen molar-refractivity contribution in [1.82, 2.24) is 9.27 Å². The molecule has 0 bridgehead atoms. The Labute approximate surface area is 156 Å². The van der Waals surface area contributed by atoms with Gasteiger partial charge in [-0.05, 0) is 44.1 Å². The average molecular weight is 409 g/mol. The number of carbonyl (C=O) groups excluding carboxylic acids is 1. The van der Waals surface area contributed by atoms with Gasteiger partial charge in [0.1, 0.15) is 5.75 Å². The molecule has 0 saturated carbocycles. The average Bonchev–Trinajstić information content (AvgIpc) is 2.56. The molecule has 2 heterocycles. The second kappa shape index (κ2) is 7.89. The van der Waals surface area contributed by atoms with Crippen molar-refractivity contribution < 1.29 is 27.4 Å². The molecule has 142 valence electrons. The molecule has 1 aromatic heterocycles. The second-order valence-electron chi connectivity index (χ2n) is 5.80. The van der Waals surface area contributed by atoms with Gasteiger partial charge >= 0.3 is 12.3 Å². The number of alkyl halides is 3. The third-order valence-corrected chi connectivity index (χ3v) is 5.19. The van der Waals surface area contributed by atoms with Crippen LogP contribution < -0.4 is 10.1 Å². The molecule has 0 spiro atoms. The number of aromatic nitrogens is 1. The lowest BCUT2D eigenvalue weighted by atomic mass is 9.99. The van der Waals surface area contributed by atoms with E-state index in [4.69, 9.17) is 16.3 Å². The van der Waals surface area contributed by atoms with Crippen LogP contribution in [0, 0.1) is 5.92 Å². The zero-order chi connectivity index (χ0) is 18.7. The van der Waals surface area contributed by atoms with E-state index in [9.17, 15) is 18.0 Å². The van der Waals surface area contributed by atoms with E-state index in [1.807, 2.05) is 0 Å². The molecule has 2 aromatic rings. The number of halogens is 4. The third-order valence-electron chi connectivity index (χ3n) is 4.01. The molecule has 0 aliphatic carbocycles. The summed E-state index contributed by atoms with van der Waals surface area (Å²) in [5.74, 6) is -0.784. The fraction of sp³-hybridized carbons (Fsp3) is 0.438. The smallest absolute Gasteiger partial charge is 0.443 e. The summed E-state index contributed by atoms with van der Waals surface area (Å²) in [7, 11) is 0. The van der Waals surface area contributed by atoms with Crippen molar-refractivity contribution in [3.8, 4) is 17.0 Å². The summed E-state index contributed by atoms with van der Waals surface area (Å²) >= 11 is 7.21. The molecule has 1 fully saturated rings. The van der Waals surface area contributed by atoms with Crippen LogP contribution in [0.5, 0.6) is 5.75 Å². The molecular formula is C16H16ClF3N2O3S. The molecule has 0 amide bonds. The lowest BCUT2D eigenvalue weighted by Gasteiger charge is -2.22. The van der Waals surface area contributed by atoms with Gasteiger partial charge < -0.3 is 14.8 Å². The van der Waals surface area contributed by atoms with Crippen LogP contribution in [0.3, 0.4) is 0 Å². The number of hydrogen-bond acceptors (Lipinski definition) is 5. The van der Waals surface area contributed by atoms with Crippen molar-refractivity contribution in [2.24, 2.45) is 5.92 Å². The van der Waals surface area contributed by atoms with Gasteiger partial charge in [-0.15, -0.1) is 13.2 Å². The van der Waals surface area contributed by atoms with Crippen LogP contribution in [0.4, 0.5) is 13.2 Å². The van der Waals surface area contributed by atoms with Gasteiger partial charge in [-0.2, -0.15) is 0 Å². The fourth-order valence-corrected chi connectivity index (χ4v) is 3.59. The zero-order valence-corrected chi connectivity index (χ0v) is 15.1. The number of piperidine rings is 1. The van der Waals surface area contributed by atoms with Crippen molar-refractivity contribution in [2.75, 3.05) is 13.1 Å². The summed E-state index contributed by atoms with van der Waals surface area (Å²) in [6.45, 7) is 1.67. The number of esters is 1. The van der Waals surface area contributed by atoms with Gasteiger partial charge in [0.2, 0.25) is 0 Å². The maximum absolute atomic E-state index is 12.3. The van der Waals surface area contributed by atoms with Crippen molar-refractivity contribution in [1.29, 1.82) is 0 Å². The minimum Gasteiger partial charge on any atom is -0.443 e. The van der Waals surface area contributed by atoms with E-state index < -0.39 is 12.1 Å². The molecule has 1 saturated heterocycles. The van der Waals surface area contributed by atoms with E-state index in [2.05, 4.69) is 10.1 Å². The van der Waals surface area contributed by atoms with Crippen molar-refractivity contribution >= 4 is 29.1 Å². The number of hydrogen-bond donors (Lipinski definition) is 1. The first kappa shape index (κ1) is 19.1. The lowest BCUT2D eigenvalue weighted by Crippen LogP contribution is -2.33. The molecule has 26 heavy (non-hydrogen) atoms. The highest BCUT2D eigenvalue weighted by atomic mass is 35.5. The summed E-state index contributed by atoms with van der Waals surface area (Å²) < 4.78 is 47.8. The molecule has 0 radical (unpaired) electrons. The van der Waals surface area contributed by atoms with Crippen molar-refractivity contribution in [2.45, 2.75) is 25.9 Å². The normalized spacial score (nSPS) is 15.8. The maximum Gasteiger partial charge on any atom is 0.573 e. The lowest BCUT2D eigenvalue weighted by molar-refractivity contribution is -0.274. The first-order valence-electron chi connectivity index (χ1n) is 7.91. The first-order valence-corrected chi connectivity index (χ1v) is 9.12. The Balaban J connectivity index is 1.62. The van der Waals surface area contributed by atoms with Crippen LogP contribution in [-0.2, 0) is 16.3 Å². The van der Waals surface area contributed by atoms with Gasteiger partial charge in [-0.1, -0.05) is 23.1 Å². The summed E-state index contributed by atoms with van der Waals surface area (Å²) in [5.41, 5.74) is 1.33. The van der Waals surface area contributed by atoms with Gasteiger partial charge in [-0.25, -0.2) is 0 Å². The van der Waals surface area contributed by atoms with Crippen LogP contribution in [0.2, 0.25) is 5.02 Å². The first-order chi connectivity index (χ1) is 12.3. The summed E-state index contributed by atoms with van der Waals surface area (Å²) in [5, 5.41) is 4.84. The van der Waals surface area contributed by atoms with E-state index in [0.29, 0.717) is 11.3 Å². The monoisotopic (exact) mass is 408 g/mol. The molecule has 5 nitrogen and oxygen atoms in total. The van der Waals surface area contributed by atoms with E-state index >= 15 is 0 Å². The predicted molar refractivity (Wildman–Crippen MR) is 91.1 cm³/mol. The molecule has 1 aliphatic heterocycles. The van der Waals surface area contributed by atoms with Gasteiger partial charge in [-0.3, -0.25) is 8.75 Å². The number of benzene rings is 1. The molecule has 3 rings (SSSR count). The van der Waals surface area contributed by atoms with E-state index in [1.165, 1.54) is 23.7 Å². The molecule has 0 unspecified atom stereocenters. The maximum atomic E-state index is 12.3. The van der Waals surface area contributed by atoms with Gasteiger partial charge in [0.15, 0.2) is 6.73 Å². The van der Waals surface area contributed by atoms with Crippen LogP contribution in [0.25, 0.3) is 11.3 Å². The highest BCUT2D eigenvalue weighted by molar-refractivity contribution is 7.06. The number of ether oxygens (including phenoxy) is 2. The molecule has 1 aliphatic rings. The van der Waals surface area contributed by atoms with Crippen LogP contribution in [0.1, 0.15) is 12.8 Å². The van der Waals surface area contributed by atoms with Crippen LogP contribution >= 0.6 is 23.1 Å². The second-order valence-corrected chi connectivity index (χ2v) is 7.09. The molecule has 1 aromatic carbocycles. The Bertz CT molecular complexity index is 769. The number of nitrogens with zero attached hydrogens (tertiary/aromatic N) is 1. The Morgan fingerprint density at radius 2 is 2.08 bits per heavy atom. The number of carbonyl (C=O) groups is 1. The largest absolute Gasteiger partial charge is 0.573 e. The number of rotatable bonds is 5. The van der Waals surface area contributed by atoms with E-state index in [-0.39, 0.29) is 23.6 Å². The molecular weight excluding hydrogens is 393 g/mol. The van der Waals surface area contributed by atoms with Crippen molar-refractivity contribution in [3.05, 3.63) is 28.6 Å². The van der Waals surface area contributed by atoms with Crippen LogP contribution in [-0.4, -0.2) is 29.4 Å². The molecule has 10 heteroatoms. The third kappa shape index (κ3) is 4.72. The van der Waals surface area contributed by atoms with Gasteiger partial charge in [0.05, 0.1) is 16.6 Å². The van der Waals surface area contributed by atoms with Crippen LogP contribution in [0.15, 0.2) is 23.6 Å². The van der Waals surface area contributed by atoms with E-state index in [1.54, 1.807) is 9.34 Å². The molecule has 1 N–H and O–H groups in total. The van der Waals surface area contributed by atoms with E-state index in [0.717, 1.165) is 32.0 Å².